The summed E-state index contributed by atoms with van der Waals surface area (Å²) in [6.45, 7) is 3.79. The van der Waals surface area contributed by atoms with Crippen molar-refractivity contribution in [3.63, 3.8) is 0 Å². The summed E-state index contributed by atoms with van der Waals surface area (Å²) in [5.41, 5.74) is 1.11. The van der Waals surface area contributed by atoms with Crippen LogP contribution in [0.2, 0.25) is 0 Å². The molecule has 0 bridgehead atoms. The van der Waals surface area contributed by atoms with E-state index in [0.29, 0.717) is 32.1 Å². The molecule has 2 aliphatic rings. The molecule has 1 aromatic rings. The number of aryl methyl sites for hydroxylation is 1. The van der Waals surface area contributed by atoms with E-state index in [1.165, 1.54) is 12.8 Å². The number of aromatic nitrogens is 2. The maximum absolute atomic E-state index is 12.2. The molecule has 1 saturated heterocycles. The van der Waals surface area contributed by atoms with Gasteiger partial charge in [0.25, 0.3) is 0 Å². The van der Waals surface area contributed by atoms with E-state index in [2.05, 4.69) is 10.4 Å². The molecule has 1 saturated carbocycles. The highest BCUT2D eigenvalue weighted by Crippen LogP contribution is 2.29. The van der Waals surface area contributed by atoms with Crippen LogP contribution in [0.4, 0.5) is 0 Å². The molecule has 1 aliphatic heterocycles. The standard InChI is InChI=1S/C16H24N4O2/c1-12-9-18-19(10-12)7-6-17-16(22)13-8-15(21)20(11-13)14-4-2-3-5-14/h9-10,13-14H,2-8,11H2,1H3,(H,17,22)/t13-/m1/s1. The molecule has 2 amide bonds. The van der Waals surface area contributed by atoms with Crippen LogP contribution >= 0.6 is 0 Å². The average molecular weight is 304 g/mol. The number of likely N-dealkylation sites (tertiary alicyclic amines) is 1. The van der Waals surface area contributed by atoms with Crippen molar-refractivity contribution in [1.82, 2.24) is 20.0 Å². The predicted octanol–water partition coefficient (Wildman–Crippen LogP) is 1.10. The normalized spacial score (nSPS) is 22.5. The molecule has 2 fully saturated rings. The fourth-order valence-corrected chi connectivity index (χ4v) is 3.50. The van der Waals surface area contributed by atoms with Crippen molar-refractivity contribution in [1.29, 1.82) is 0 Å². The summed E-state index contributed by atoms with van der Waals surface area (Å²) in [4.78, 5) is 26.3. The van der Waals surface area contributed by atoms with E-state index < -0.39 is 0 Å². The second kappa shape index (κ2) is 6.50. The van der Waals surface area contributed by atoms with Crippen LogP contribution in [0.5, 0.6) is 0 Å². The molecule has 1 N–H and O–H groups in total. The maximum Gasteiger partial charge on any atom is 0.225 e. The second-order valence-electron chi connectivity index (χ2n) is 6.46. The minimum Gasteiger partial charge on any atom is -0.354 e. The topological polar surface area (TPSA) is 67.2 Å². The van der Waals surface area contributed by atoms with E-state index in [9.17, 15) is 9.59 Å². The first-order valence-electron chi connectivity index (χ1n) is 8.20. The Labute approximate surface area is 130 Å². The number of carbonyl (C=O) groups excluding carboxylic acids is 2. The molecule has 6 heteroatoms. The summed E-state index contributed by atoms with van der Waals surface area (Å²) in [5, 5.41) is 7.12. The Kier molecular flexibility index (Phi) is 4.45. The maximum atomic E-state index is 12.2. The Hall–Kier alpha value is -1.85. The molecule has 120 valence electrons. The van der Waals surface area contributed by atoms with Crippen LogP contribution in [0, 0.1) is 12.8 Å². The van der Waals surface area contributed by atoms with Crippen molar-refractivity contribution in [3.05, 3.63) is 18.0 Å². The SMILES string of the molecule is Cc1cnn(CCNC(=O)[C@@H]2CC(=O)N(C3CCCC3)C2)c1. The summed E-state index contributed by atoms with van der Waals surface area (Å²) in [7, 11) is 0. The highest BCUT2D eigenvalue weighted by molar-refractivity contribution is 5.89. The van der Waals surface area contributed by atoms with E-state index >= 15 is 0 Å². The van der Waals surface area contributed by atoms with Gasteiger partial charge in [0.05, 0.1) is 18.7 Å². The van der Waals surface area contributed by atoms with Gasteiger partial charge in [0.2, 0.25) is 11.8 Å². The lowest BCUT2D eigenvalue weighted by Crippen LogP contribution is -2.37. The lowest BCUT2D eigenvalue weighted by Gasteiger charge is -2.23. The molecule has 0 unspecified atom stereocenters. The van der Waals surface area contributed by atoms with Gasteiger partial charge in [-0.2, -0.15) is 5.10 Å². The molecular formula is C16H24N4O2. The fourth-order valence-electron chi connectivity index (χ4n) is 3.50. The first-order chi connectivity index (χ1) is 10.6. The molecule has 0 aromatic carbocycles. The lowest BCUT2D eigenvalue weighted by atomic mass is 10.1. The first kappa shape index (κ1) is 15.1. The van der Waals surface area contributed by atoms with Gasteiger partial charge >= 0.3 is 0 Å². The van der Waals surface area contributed by atoms with Gasteiger partial charge in [-0.1, -0.05) is 12.8 Å². The predicted molar refractivity (Wildman–Crippen MR) is 82.0 cm³/mol. The van der Waals surface area contributed by atoms with E-state index in [1.807, 2.05) is 22.7 Å². The Morgan fingerprint density at radius 2 is 2.18 bits per heavy atom. The monoisotopic (exact) mass is 304 g/mol. The summed E-state index contributed by atoms with van der Waals surface area (Å²) >= 11 is 0. The van der Waals surface area contributed by atoms with Crippen molar-refractivity contribution in [2.24, 2.45) is 5.92 Å². The largest absolute Gasteiger partial charge is 0.354 e. The summed E-state index contributed by atoms with van der Waals surface area (Å²) in [6.07, 6.45) is 8.72. The number of nitrogens with zero attached hydrogens (tertiary/aromatic N) is 3. The van der Waals surface area contributed by atoms with Crippen LogP contribution in [0.15, 0.2) is 12.4 Å². The van der Waals surface area contributed by atoms with Gasteiger partial charge in [0, 0.05) is 31.7 Å². The van der Waals surface area contributed by atoms with Gasteiger partial charge in [-0.3, -0.25) is 14.3 Å². The Morgan fingerprint density at radius 1 is 1.41 bits per heavy atom. The summed E-state index contributed by atoms with van der Waals surface area (Å²) in [6, 6.07) is 0.373. The van der Waals surface area contributed by atoms with Crippen molar-refractivity contribution in [2.45, 2.75) is 51.6 Å². The van der Waals surface area contributed by atoms with Crippen molar-refractivity contribution < 1.29 is 9.59 Å². The van der Waals surface area contributed by atoms with Crippen molar-refractivity contribution in [3.8, 4) is 0 Å². The fraction of sp³-hybridized carbons (Fsp3) is 0.688. The third-order valence-corrected chi connectivity index (χ3v) is 4.70. The minimum absolute atomic E-state index is 0.00211. The smallest absolute Gasteiger partial charge is 0.225 e. The van der Waals surface area contributed by atoms with Crippen LogP contribution in [0.3, 0.4) is 0 Å². The van der Waals surface area contributed by atoms with Gasteiger partial charge in [-0.05, 0) is 25.3 Å². The average Bonchev–Trinajstić information content (AvgIpc) is 3.19. The van der Waals surface area contributed by atoms with Crippen LogP contribution in [0.25, 0.3) is 0 Å². The van der Waals surface area contributed by atoms with Crippen LogP contribution in [0.1, 0.15) is 37.7 Å². The zero-order valence-corrected chi connectivity index (χ0v) is 13.1. The number of carbonyl (C=O) groups is 2. The number of hydrogen-bond donors (Lipinski definition) is 1. The van der Waals surface area contributed by atoms with Crippen LogP contribution < -0.4 is 5.32 Å². The number of hydrogen-bond acceptors (Lipinski definition) is 3. The molecule has 1 aliphatic carbocycles. The third kappa shape index (κ3) is 3.31. The van der Waals surface area contributed by atoms with Gasteiger partial charge < -0.3 is 10.2 Å². The molecule has 1 atom stereocenters. The summed E-state index contributed by atoms with van der Waals surface area (Å²) in [5.74, 6) is -0.0417. The number of nitrogens with one attached hydrogen (secondary N) is 1. The van der Waals surface area contributed by atoms with Crippen LogP contribution in [-0.2, 0) is 16.1 Å². The molecule has 3 rings (SSSR count). The Bertz CT molecular complexity index is 548. The molecular weight excluding hydrogens is 280 g/mol. The number of amides is 2. The number of rotatable bonds is 5. The zero-order valence-electron chi connectivity index (χ0n) is 13.1. The highest BCUT2D eigenvalue weighted by Gasteiger charge is 2.38. The molecule has 1 aromatic heterocycles. The summed E-state index contributed by atoms with van der Waals surface area (Å²) < 4.78 is 1.82. The van der Waals surface area contributed by atoms with Gasteiger partial charge in [-0.15, -0.1) is 0 Å². The molecule has 22 heavy (non-hydrogen) atoms. The second-order valence-corrected chi connectivity index (χ2v) is 6.46. The van der Waals surface area contributed by atoms with Gasteiger partial charge in [0.15, 0.2) is 0 Å². The van der Waals surface area contributed by atoms with Gasteiger partial charge in [-0.25, -0.2) is 0 Å². The molecule has 0 radical (unpaired) electrons. The quantitative estimate of drug-likeness (QED) is 0.886. The van der Waals surface area contributed by atoms with E-state index in [0.717, 1.165) is 18.4 Å². The van der Waals surface area contributed by atoms with Gasteiger partial charge in [0.1, 0.15) is 0 Å². The van der Waals surface area contributed by atoms with E-state index in [-0.39, 0.29) is 17.7 Å². The van der Waals surface area contributed by atoms with E-state index in [1.54, 1.807) is 6.20 Å². The Balaban J connectivity index is 1.45. The molecule has 0 spiro atoms. The van der Waals surface area contributed by atoms with E-state index in [4.69, 9.17) is 0 Å². The Morgan fingerprint density at radius 3 is 2.86 bits per heavy atom. The minimum atomic E-state index is -0.188. The van der Waals surface area contributed by atoms with Crippen molar-refractivity contribution in [2.75, 3.05) is 13.1 Å². The first-order valence-corrected chi connectivity index (χ1v) is 8.20. The third-order valence-electron chi connectivity index (χ3n) is 4.70. The van der Waals surface area contributed by atoms with Crippen LogP contribution in [-0.4, -0.2) is 45.6 Å². The molecule has 6 nitrogen and oxygen atoms in total. The van der Waals surface area contributed by atoms with Crippen molar-refractivity contribution >= 4 is 11.8 Å². The zero-order chi connectivity index (χ0) is 15.5. The highest BCUT2D eigenvalue weighted by atomic mass is 16.2. The molecule has 2 heterocycles. The lowest BCUT2D eigenvalue weighted by molar-refractivity contribution is -0.130.